The van der Waals surface area contributed by atoms with Crippen LogP contribution in [0.4, 0.5) is 0 Å². The summed E-state index contributed by atoms with van der Waals surface area (Å²) in [6.07, 6.45) is 11.9. The molecule has 0 heterocycles. The van der Waals surface area contributed by atoms with Crippen molar-refractivity contribution < 1.29 is 14.4 Å². The minimum atomic E-state index is -0.435. The van der Waals surface area contributed by atoms with E-state index in [0.717, 1.165) is 38.8 Å². The summed E-state index contributed by atoms with van der Waals surface area (Å²) in [6, 6.07) is 0. The van der Waals surface area contributed by atoms with Crippen LogP contribution in [-0.4, -0.2) is 30.8 Å². The van der Waals surface area contributed by atoms with Gasteiger partial charge in [0, 0.05) is 18.7 Å². The van der Waals surface area contributed by atoms with E-state index in [-0.39, 0.29) is 11.8 Å². The molecule has 0 fully saturated rings. The van der Waals surface area contributed by atoms with Gasteiger partial charge in [-0.2, -0.15) is 0 Å². The summed E-state index contributed by atoms with van der Waals surface area (Å²) >= 11 is 0. The first-order valence-corrected chi connectivity index (χ1v) is 9.11. The summed E-state index contributed by atoms with van der Waals surface area (Å²) < 4.78 is 0. The highest BCUT2D eigenvalue weighted by molar-refractivity contribution is 5.90. The van der Waals surface area contributed by atoms with Gasteiger partial charge in [0.1, 0.15) is 0 Å². The van der Waals surface area contributed by atoms with Gasteiger partial charge in [-0.1, -0.05) is 58.3 Å². The number of rotatable bonds is 14. The molecule has 6 nitrogen and oxygen atoms in total. The summed E-state index contributed by atoms with van der Waals surface area (Å²) in [5, 5.41) is 5.55. The van der Waals surface area contributed by atoms with Crippen molar-refractivity contribution in [3.8, 4) is 0 Å². The summed E-state index contributed by atoms with van der Waals surface area (Å²) in [4.78, 5) is 31.6. The van der Waals surface area contributed by atoms with Crippen molar-refractivity contribution in [2.24, 2.45) is 5.73 Å². The Balaban J connectivity index is 0. The van der Waals surface area contributed by atoms with Crippen LogP contribution >= 0.6 is 0 Å². The van der Waals surface area contributed by atoms with Gasteiger partial charge >= 0.3 is 0 Å². The lowest BCUT2D eigenvalue weighted by atomic mass is 10.1. The molecule has 0 aromatic carbocycles. The average Bonchev–Trinajstić information content (AvgIpc) is 2.62. The van der Waals surface area contributed by atoms with Crippen molar-refractivity contribution in [1.29, 1.82) is 0 Å². The smallest absolute Gasteiger partial charge is 0.243 e. The fourth-order valence-electron chi connectivity index (χ4n) is 1.88. The van der Waals surface area contributed by atoms with E-state index in [1.54, 1.807) is 6.92 Å². The minimum Gasteiger partial charge on any atom is -0.366 e. The Morgan fingerprint density at radius 1 is 0.769 bits per heavy atom. The van der Waals surface area contributed by atoms with Crippen molar-refractivity contribution in [2.75, 3.05) is 13.1 Å². The molecule has 0 aliphatic carbocycles. The van der Waals surface area contributed by atoms with Crippen LogP contribution in [0.3, 0.4) is 0 Å². The fraction of sp³-hybridized carbons (Fsp3) is 0.550. The number of nitrogens with two attached hydrogens (primary N) is 1. The molecule has 0 unspecified atom stereocenters. The highest BCUT2D eigenvalue weighted by Gasteiger charge is 1.95. The normalized spacial score (nSPS) is 9.27. The maximum atomic E-state index is 10.9. The lowest BCUT2D eigenvalue weighted by Gasteiger charge is -2.04. The van der Waals surface area contributed by atoms with Crippen LogP contribution in [0.25, 0.3) is 0 Å². The SMILES string of the molecule is C=C(C)C(N)=O.C=CC(=O)NCCCCCCCCCCNC(=O)C=C. The quantitative estimate of drug-likeness (QED) is 0.326. The monoisotopic (exact) mass is 365 g/mol. The largest absolute Gasteiger partial charge is 0.366 e. The molecule has 0 atom stereocenters. The van der Waals surface area contributed by atoms with Gasteiger partial charge in [0.05, 0.1) is 0 Å². The van der Waals surface area contributed by atoms with E-state index < -0.39 is 5.91 Å². The molecule has 0 aromatic rings. The maximum Gasteiger partial charge on any atom is 0.243 e. The molecule has 0 aliphatic rings. The summed E-state index contributed by atoms with van der Waals surface area (Å²) in [7, 11) is 0. The molecule has 148 valence electrons. The second-order valence-corrected chi connectivity index (χ2v) is 5.96. The Bertz CT molecular complexity index is 417. The molecule has 0 saturated carbocycles. The lowest BCUT2D eigenvalue weighted by Crippen LogP contribution is -2.21. The number of hydrogen-bond donors (Lipinski definition) is 3. The molecule has 3 amide bonds. The number of nitrogens with one attached hydrogen (secondary N) is 2. The van der Waals surface area contributed by atoms with Crippen molar-refractivity contribution in [1.82, 2.24) is 10.6 Å². The Hall–Kier alpha value is -2.37. The number of carbonyl (C=O) groups excluding carboxylic acids is 3. The van der Waals surface area contributed by atoms with Crippen LogP contribution in [0, 0.1) is 0 Å². The second kappa shape index (κ2) is 19.0. The summed E-state index contributed by atoms with van der Waals surface area (Å²) in [5.74, 6) is -0.614. The zero-order chi connectivity index (χ0) is 20.2. The highest BCUT2D eigenvalue weighted by atomic mass is 16.2. The first-order chi connectivity index (χ1) is 12.3. The average molecular weight is 366 g/mol. The molecule has 4 N–H and O–H groups in total. The molecule has 26 heavy (non-hydrogen) atoms. The van der Waals surface area contributed by atoms with Crippen LogP contribution in [0.15, 0.2) is 37.5 Å². The Labute approximate surface area is 158 Å². The van der Waals surface area contributed by atoms with E-state index >= 15 is 0 Å². The third-order valence-electron chi connectivity index (χ3n) is 3.49. The first kappa shape index (κ1) is 25.9. The molecule has 0 rings (SSSR count). The van der Waals surface area contributed by atoms with Crippen LogP contribution in [-0.2, 0) is 14.4 Å². The molecular weight excluding hydrogens is 330 g/mol. The van der Waals surface area contributed by atoms with Crippen LogP contribution in [0.5, 0.6) is 0 Å². The first-order valence-electron chi connectivity index (χ1n) is 9.11. The molecule has 0 spiro atoms. The predicted molar refractivity (Wildman–Crippen MR) is 107 cm³/mol. The van der Waals surface area contributed by atoms with E-state index in [1.807, 2.05) is 0 Å². The molecule has 0 aliphatic heterocycles. The molecule has 0 bridgehead atoms. The van der Waals surface area contributed by atoms with Crippen molar-refractivity contribution in [3.63, 3.8) is 0 Å². The number of carbonyl (C=O) groups is 3. The van der Waals surface area contributed by atoms with E-state index in [1.165, 1.54) is 37.8 Å². The Morgan fingerprint density at radius 3 is 1.27 bits per heavy atom. The van der Waals surface area contributed by atoms with Crippen LogP contribution in [0.2, 0.25) is 0 Å². The van der Waals surface area contributed by atoms with Gasteiger partial charge in [-0.05, 0) is 31.9 Å². The fourth-order valence-corrected chi connectivity index (χ4v) is 1.88. The zero-order valence-corrected chi connectivity index (χ0v) is 16.1. The van der Waals surface area contributed by atoms with E-state index in [9.17, 15) is 14.4 Å². The van der Waals surface area contributed by atoms with Gasteiger partial charge < -0.3 is 16.4 Å². The molecule has 0 saturated heterocycles. The van der Waals surface area contributed by atoms with Crippen molar-refractivity contribution >= 4 is 17.7 Å². The van der Waals surface area contributed by atoms with E-state index in [0.29, 0.717) is 5.57 Å². The lowest BCUT2D eigenvalue weighted by molar-refractivity contribution is -0.117. The summed E-state index contributed by atoms with van der Waals surface area (Å²) in [5.41, 5.74) is 5.09. The number of primary amides is 1. The topological polar surface area (TPSA) is 101 Å². The van der Waals surface area contributed by atoms with Gasteiger partial charge in [0.25, 0.3) is 0 Å². The molecule has 6 heteroatoms. The minimum absolute atomic E-state index is 0.0893. The maximum absolute atomic E-state index is 10.9. The van der Waals surface area contributed by atoms with Crippen LogP contribution in [0.1, 0.15) is 58.3 Å². The molecular formula is C20H35N3O3. The second-order valence-electron chi connectivity index (χ2n) is 5.96. The third kappa shape index (κ3) is 21.6. The highest BCUT2D eigenvalue weighted by Crippen LogP contribution is 2.08. The van der Waals surface area contributed by atoms with Gasteiger partial charge in [0.2, 0.25) is 17.7 Å². The van der Waals surface area contributed by atoms with Crippen molar-refractivity contribution in [2.45, 2.75) is 58.3 Å². The molecule has 0 radical (unpaired) electrons. The zero-order valence-electron chi connectivity index (χ0n) is 16.1. The van der Waals surface area contributed by atoms with Gasteiger partial charge in [-0.25, -0.2) is 0 Å². The third-order valence-corrected chi connectivity index (χ3v) is 3.49. The Morgan fingerprint density at radius 2 is 1.04 bits per heavy atom. The van der Waals surface area contributed by atoms with Crippen molar-refractivity contribution in [3.05, 3.63) is 37.5 Å². The van der Waals surface area contributed by atoms with Gasteiger partial charge in [-0.15, -0.1) is 0 Å². The molecule has 0 aromatic heterocycles. The number of unbranched alkanes of at least 4 members (excludes halogenated alkanes) is 7. The van der Waals surface area contributed by atoms with Gasteiger partial charge in [0.15, 0.2) is 0 Å². The number of amides is 3. The number of hydrogen-bond acceptors (Lipinski definition) is 3. The summed E-state index contributed by atoms with van der Waals surface area (Å²) in [6.45, 7) is 13.1. The standard InChI is InChI=1S/C16H28N2O2.C4H7NO/c1-3-15(19)17-13-11-9-7-5-6-8-10-12-14-18-16(20)4-2;1-3(2)4(5)6/h3-4H,1-2,5-14H2,(H,17,19)(H,18,20);1H2,2H3,(H2,5,6). The van der Waals surface area contributed by atoms with Gasteiger partial charge in [-0.3, -0.25) is 14.4 Å². The van der Waals surface area contributed by atoms with E-state index in [2.05, 4.69) is 30.4 Å². The van der Waals surface area contributed by atoms with E-state index in [4.69, 9.17) is 5.73 Å². The van der Waals surface area contributed by atoms with Crippen LogP contribution < -0.4 is 16.4 Å². The predicted octanol–water partition coefficient (Wildman–Crippen LogP) is 2.76. The Kier molecular flexibility index (Phi) is 18.9.